The zero-order valence-corrected chi connectivity index (χ0v) is 14.5. The van der Waals surface area contributed by atoms with Crippen LogP contribution < -0.4 is 10.1 Å². The van der Waals surface area contributed by atoms with Crippen LogP contribution in [0.5, 0.6) is 5.75 Å². The molecule has 0 unspecified atom stereocenters. The van der Waals surface area contributed by atoms with E-state index in [2.05, 4.69) is 19.2 Å². The molecule has 0 aromatic heterocycles. The summed E-state index contributed by atoms with van der Waals surface area (Å²) in [5, 5.41) is 12.0. The van der Waals surface area contributed by atoms with Crippen LogP contribution in [-0.4, -0.2) is 29.6 Å². The van der Waals surface area contributed by atoms with Gasteiger partial charge in [0.15, 0.2) is 0 Å². The van der Waals surface area contributed by atoms with E-state index in [1.165, 1.54) is 0 Å². The van der Waals surface area contributed by atoms with Gasteiger partial charge in [-0.15, -0.1) is 0 Å². The van der Waals surface area contributed by atoms with Crippen molar-refractivity contribution < 1.29 is 19.4 Å². The number of carboxylic acids is 1. The van der Waals surface area contributed by atoms with Crippen LogP contribution in [0.15, 0.2) is 24.3 Å². The van der Waals surface area contributed by atoms with Crippen molar-refractivity contribution in [1.29, 1.82) is 0 Å². The van der Waals surface area contributed by atoms with Crippen molar-refractivity contribution in [3.05, 3.63) is 29.8 Å². The largest absolute Gasteiger partial charge is 0.494 e. The van der Waals surface area contributed by atoms with Crippen molar-refractivity contribution in [2.75, 3.05) is 6.61 Å². The Bertz CT molecular complexity index is 545. The molecule has 1 aromatic rings. The lowest BCUT2D eigenvalue weighted by molar-refractivity contribution is -0.142. The molecule has 2 rings (SSSR count). The van der Waals surface area contributed by atoms with Crippen molar-refractivity contribution in [2.24, 2.45) is 11.8 Å². The molecule has 1 aliphatic carbocycles. The van der Waals surface area contributed by atoms with Crippen molar-refractivity contribution in [3.63, 3.8) is 0 Å². The Labute approximate surface area is 143 Å². The maximum Gasteiger partial charge on any atom is 0.306 e. The minimum atomic E-state index is -0.729. The second kappa shape index (κ2) is 8.71. The number of carbonyl (C=O) groups is 2. The number of amides is 1. The molecule has 5 heteroatoms. The van der Waals surface area contributed by atoms with E-state index in [9.17, 15) is 9.59 Å². The second-order valence-electron chi connectivity index (χ2n) is 6.92. The molecule has 0 radical (unpaired) electrons. The molecule has 1 amide bonds. The lowest BCUT2D eigenvalue weighted by atomic mass is 9.86. The average Bonchev–Trinajstić information content (AvgIpc) is 2.55. The molecule has 0 spiro atoms. The minimum absolute atomic E-state index is 0.0649. The first-order valence-corrected chi connectivity index (χ1v) is 8.72. The molecule has 0 bridgehead atoms. The van der Waals surface area contributed by atoms with Gasteiger partial charge in [-0.2, -0.15) is 0 Å². The lowest BCUT2D eigenvalue weighted by Crippen LogP contribution is -2.38. The summed E-state index contributed by atoms with van der Waals surface area (Å²) in [5.41, 5.74) is 0.603. The number of rotatable bonds is 7. The van der Waals surface area contributed by atoms with Crippen LogP contribution >= 0.6 is 0 Å². The first-order valence-electron chi connectivity index (χ1n) is 8.72. The molecule has 0 atom stereocenters. The minimum Gasteiger partial charge on any atom is -0.494 e. The number of carboxylic acid groups (broad SMARTS) is 1. The summed E-state index contributed by atoms with van der Waals surface area (Å²) in [4.78, 5) is 23.2. The monoisotopic (exact) mass is 333 g/mol. The van der Waals surface area contributed by atoms with E-state index < -0.39 is 5.97 Å². The highest BCUT2D eigenvalue weighted by molar-refractivity contribution is 5.94. The van der Waals surface area contributed by atoms with E-state index in [0.717, 1.165) is 25.0 Å². The Kier molecular flexibility index (Phi) is 6.64. The Morgan fingerprint density at radius 2 is 1.79 bits per heavy atom. The molecule has 0 saturated heterocycles. The van der Waals surface area contributed by atoms with Crippen molar-refractivity contribution in [2.45, 2.75) is 52.0 Å². The van der Waals surface area contributed by atoms with Gasteiger partial charge in [0.05, 0.1) is 12.5 Å². The van der Waals surface area contributed by atoms with Gasteiger partial charge < -0.3 is 15.2 Å². The molecule has 24 heavy (non-hydrogen) atoms. The summed E-state index contributed by atoms with van der Waals surface area (Å²) in [5.74, 6) is 0.274. The first kappa shape index (κ1) is 18.3. The van der Waals surface area contributed by atoms with E-state index >= 15 is 0 Å². The first-order chi connectivity index (χ1) is 11.5. The SMILES string of the molecule is CC(C)CCOc1ccc(C(=O)NC2CCC(C(=O)O)CC2)cc1. The van der Waals surface area contributed by atoms with Gasteiger partial charge in [-0.3, -0.25) is 9.59 Å². The lowest BCUT2D eigenvalue weighted by Gasteiger charge is -2.26. The van der Waals surface area contributed by atoms with Gasteiger partial charge in [0, 0.05) is 11.6 Å². The fourth-order valence-electron chi connectivity index (χ4n) is 2.87. The van der Waals surface area contributed by atoms with Gasteiger partial charge in [0.2, 0.25) is 0 Å². The number of carbonyl (C=O) groups excluding carboxylic acids is 1. The highest BCUT2D eigenvalue weighted by Gasteiger charge is 2.26. The number of aliphatic carboxylic acids is 1. The van der Waals surface area contributed by atoms with Gasteiger partial charge in [0.25, 0.3) is 5.91 Å². The Hall–Kier alpha value is -2.04. The van der Waals surface area contributed by atoms with Crippen LogP contribution in [-0.2, 0) is 4.79 Å². The molecule has 1 aliphatic rings. The molecule has 0 aliphatic heterocycles. The summed E-state index contributed by atoms with van der Waals surface area (Å²) in [6.45, 7) is 4.98. The smallest absolute Gasteiger partial charge is 0.306 e. The second-order valence-corrected chi connectivity index (χ2v) is 6.92. The zero-order valence-electron chi connectivity index (χ0n) is 14.5. The molecule has 5 nitrogen and oxygen atoms in total. The van der Waals surface area contributed by atoms with Gasteiger partial charge in [0.1, 0.15) is 5.75 Å². The van der Waals surface area contributed by atoms with Crippen LogP contribution in [0.2, 0.25) is 0 Å². The fraction of sp³-hybridized carbons (Fsp3) is 0.579. The molecule has 2 N–H and O–H groups in total. The zero-order chi connectivity index (χ0) is 17.5. The van der Waals surface area contributed by atoms with E-state index in [1.54, 1.807) is 12.1 Å². The van der Waals surface area contributed by atoms with Crippen LogP contribution in [0.1, 0.15) is 56.3 Å². The van der Waals surface area contributed by atoms with E-state index in [1.807, 2.05) is 12.1 Å². The molecule has 1 aromatic carbocycles. The van der Waals surface area contributed by atoms with Gasteiger partial charge in [-0.05, 0) is 62.3 Å². The molecular formula is C19H27NO4. The Morgan fingerprint density at radius 3 is 2.33 bits per heavy atom. The summed E-state index contributed by atoms with van der Waals surface area (Å²) in [7, 11) is 0. The van der Waals surface area contributed by atoms with Crippen molar-refractivity contribution >= 4 is 11.9 Å². The fourth-order valence-corrected chi connectivity index (χ4v) is 2.87. The van der Waals surface area contributed by atoms with Gasteiger partial charge in [-0.1, -0.05) is 13.8 Å². The molecule has 132 valence electrons. The standard InChI is InChI=1S/C19H27NO4/c1-13(2)11-12-24-17-9-5-14(6-10-17)18(21)20-16-7-3-15(4-8-16)19(22)23/h5-6,9-10,13,15-16H,3-4,7-8,11-12H2,1-2H3,(H,20,21)(H,22,23). The van der Waals surface area contributed by atoms with E-state index in [4.69, 9.17) is 9.84 Å². The number of benzene rings is 1. The maximum absolute atomic E-state index is 12.3. The molecule has 0 heterocycles. The van der Waals surface area contributed by atoms with Gasteiger partial charge >= 0.3 is 5.97 Å². The van der Waals surface area contributed by atoms with Crippen LogP contribution in [0.25, 0.3) is 0 Å². The molecule has 1 saturated carbocycles. The van der Waals surface area contributed by atoms with E-state index in [0.29, 0.717) is 30.9 Å². The summed E-state index contributed by atoms with van der Waals surface area (Å²) in [6, 6.07) is 7.23. The normalized spacial score (nSPS) is 20.6. The predicted molar refractivity (Wildman–Crippen MR) is 92.2 cm³/mol. The number of nitrogens with one attached hydrogen (secondary N) is 1. The molecule has 1 fully saturated rings. The average molecular weight is 333 g/mol. The summed E-state index contributed by atoms with van der Waals surface area (Å²) in [6.07, 6.45) is 3.70. The number of ether oxygens (including phenoxy) is 1. The van der Waals surface area contributed by atoms with Gasteiger partial charge in [-0.25, -0.2) is 0 Å². The maximum atomic E-state index is 12.3. The van der Waals surface area contributed by atoms with Crippen molar-refractivity contribution in [3.8, 4) is 5.75 Å². The van der Waals surface area contributed by atoms with Crippen LogP contribution in [0.3, 0.4) is 0 Å². The quantitative estimate of drug-likeness (QED) is 0.801. The van der Waals surface area contributed by atoms with E-state index in [-0.39, 0.29) is 17.9 Å². The highest BCUT2D eigenvalue weighted by atomic mass is 16.5. The van der Waals surface area contributed by atoms with Crippen molar-refractivity contribution in [1.82, 2.24) is 5.32 Å². The summed E-state index contributed by atoms with van der Waals surface area (Å²) < 4.78 is 5.65. The van der Waals surface area contributed by atoms with Crippen LogP contribution in [0.4, 0.5) is 0 Å². The third-order valence-electron chi connectivity index (χ3n) is 4.49. The number of hydrogen-bond acceptors (Lipinski definition) is 3. The third-order valence-corrected chi connectivity index (χ3v) is 4.49. The summed E-state index contributed by atoms with van der Waals surface area (Å²) >= 11 is 0. The Morgan fingerprint density at radius 1 is 1.17 bits per heavy atom. The van der Waals surface area contributed by atoms with Crippen LogP contribution in [0, 0.1) is 11.8 Å². The Balaban J connectivity index is 1.79. The molecular weight excluding hydrogens is 306 g/mol. The topological polar surface area (TPSA) is 75.6 Å². The third kappa shape index (κ3) is 5.55. The highest BCUT2D eigenvalue weighted by Crippen LogP contribution is 2.24. The number of hydrogen-bond donors (Lipinski definition) is 2. The predicted octanol–water partition coefficient (Wildman–Crippen LogP) is 3.48.